The summed E-state index contributed by atoms with van der Waals surface area (Å²) in [5.74, 6) is 0.219. The molecule has 5 nitrogen and oxygen atoms in total. The maximum absolute atomic E-state index is 13.9. The van der Waals surface area contributed by atoms with Crippen LogP contribution in [0.2, 0.25) is 0 Å². The van der Waals surface area contributed by atoms with Gasteiger partial charge >= 0.3 is 0 Å². The fourth-order valence-corrected chi connectivity index (χ4v) is 3.58. The largest absolute Gasteiger partial charge is 0.415 e. The Bertz CT molecular complexity index is 1040. The molecule has 4 aromatic rings. The number of para-hydroxylation sites is 1. The molecule has 2 aromatic carbocycles. The molecule has 0 saturated carbocycles. The van der Waals surface area contributed by atoms with Crippen molar-refractivity contribution in [1.29, 1.82) is 0 Å². The highest BCUT2D eigenvalue weighted by Crippen LogP contribution is 2.33. The lowest BCUT2D eigenvalue weighted by Gasteiger charge is -2.10. The lowest BCUT2D eigenvalue weighted by atomic mass is 9.97. The van der Waals surface area contributed by atoms with Gasteiger partial charge in [0.05, 0.1) is 5.92 Å². The number of hydrogen-bond donors (Lipinski definition) is 0. The smallest absolute Gasteiger partial charge is 0.282 e. The summed E-state index contributed by atoms with van der Waals surface area (Å²) in [6.07, 6.45) is 2.18. The molecule has 4 rings (SSSR count). The van der Waals surface area contributed by atoms with Crippen molar-refractivity contribution >= 4 is 22.7 Å². The molecule has 7 heteroatoms. The molecule has 0 spiro atoms. The van der Waals surface area contributed by atoms with Gasteiger partial charge in [0.2, 0.25) is 5.89 Å². The van der Waals surface area contributed by atoms with Gasteiger partial charge in [0, 0.05) is 5.39 Å². The number of aromatic nitrogens is 4. The van der Waals surface area contributed by atoms with Crippen molar-refractivity contribution in [2.24, 2.45) is 0 Å². The maximum atomic E-state index is 13.9. The number of nitrogens with zero attached hydrogens (tertiary/aromatic N) is 4. The monoisotopic (exact) mass is 366 g/mol. The fourth-order valence-electron chi connectivity index (χ4n) is 2.83. The van der Waals surface area contributed by atoms with Crippen LogP contribution in [0.5, 0.6) is 0 Å². The quantitative estimate of drug-likeness (QED) is 0.471. The van der Waals surface area contributed by atoms with E-state index in [1.165, 1.54) is 24.2 Å². The number of rotatable bonds is 5. The zero-order valence-corrected chi connectivity index (χ0v) is 14.8. The second kappa shape index (κ2) is 7.21. The van der Waals surface area contributed by atoms with Crippen molar-refractivity contribution in [3.63, 3.8) is 0 Å². The van der Waals surface area contributed by atoms with Crippen LogP contribution in [0.15, 0.2) is 69.5 Å². The highest BCUT2D eigenvalue weighted by molar-refractivity contribution is 7.99. The van der Waals surface area contributed by atoms with E-state index in [0.717, 1.165) is 12.0 Å². The molecule has 0 saturated heterocycles. The van der Waals surface area contributed by atoms with E-state index in [-0.39, 0.29) is 17.3 Å². The van der Waals surface area contributed by atoms with Crippen molar-refractivity contribution in [3.8, 4) is 0 Å². The van der Waals surface area contributed by atoms with Crippen molar-refractivity contribution in [1.82, 2.24) is 20.2 Å². The van der Waals surface area contributed by atoms with Gasteiger partial charge in [-0.3, -0.25) is 0 Å². The first-order chi connectivity index (χ1) is 12.8. The van der Waals surface area contributed by atoms with Gasteiger partial charge in [-0.1, -0.05) is 43.3 Å². The molecule has 0 aliphatic heterocycles. The van der Waals surface area contributed by atoms with Crippen LogP contribution in [0.3, 0.4) is 0 Å². The Hall–Kier alpha value is -2.80. The van der Waals surface area contributed by atoms with Crippen LogP contribution in [0.25, 0.3) is 10.9 Å². The molecule has 1 unspecified atom stereocenters. The predicted octanol–water partition coefficient (Wildman–Crippen LogP) is 4.85. The standard InChI is InChI=1S/C19H15FN4OS/c1-2-13(12-7-4-3-5-8-12)17-23-24-19(25-17)26-18-14-9-6-10-15(20)16(14)21-11-22-18/h3-11,13H,2H2,1H3. The zero-order valence-electron chi connectivity index (χ0n) is 14.0. The van der Waals surface area contributed by atoms with Crippen molar-refractivity contribution in [2.45, 2.75) is 29.5 Å². The molecule has 2 heterocycles. The van der Waals surface area contributed by atoms with Crippen molar-refractivity contribution < 1.29 is 8.81 Å². The van der Waals surface area contributed by atoms with E-state index in [9.17, 15) is 4.39 Å². The molecular weight excluding hydrogens is 351 g/mol. The minimum Gasteiger partial charge on any atom is -0.415 e. The second-order valence-corrected chi connectivity index (χ2v) is 6.63. The first-order valence-corrected chi connectivity index (χ1v) is 9.03. The topological polar surface area (TPSA) is 64.7 Å². The molecule has 0 N–H and O–H groups in total. The van der Waals surface area contributed by atoms with Gasteiger partial charge in [-0.15, -0.1) is 10.2 Å². The summed E-state index contributed by atoms with van der Waals surface area (Å²) in [5.41, 5.74) is 1.41. The van der Waals surface area contributed by atoms with E-state index in [1.807, 2.05) is 30.3 Å². The van der Waals surface area contributed by atoms with Gasteiger partial charge in [0.25, 0.3) is 5.22 Å². The van der Waals surface area contributed by atoms with E-state index in [4.69, 9.17) is 4.42 Å². The molecule has 0 aliphatic rings. The van der Waals surface area contributed by atoms with E-state index >= 15 is 0 Å². The lowest BCUT2D eigenvalue weighted by Crippen LogP contribution is -1.99. The van der Waals surface area contributed by atoms with E-state index in [2.05, 4.69) is 27.1 Å². The van der Waals surface area contributed by atoms with Gasteiger partial charge in [-0.25, -0.2) is 14.4 Å². The summed E-state index contributed by atoms with van der Waals surface area (Å²) in [4.78, 5) is 8.24. The van der Waals surface area contributed by atoms with Crippen LogP contribution < -0.4 is 0 Å². The Kier molecular flexibility index (Phi) is 4.62. The summed E-state index contributed by atoms with van der Waals surface area (Å²) < 4.78 is 19.8. The van der Waals surface area contributed by atoms with Gasteiger partial charge in [-0.2, -0.15) is 0 Å². The van der Waals surface area contributed by atoms with Crippen molar-refractivity contribution in [3.05, 3.63) is 72.1 Å². The molecule has 0 aliphatic carbocycles. The predicted molar refractivity (Wildman–Crippen MR) is 96.5 cm³/mol. The SMILES string of the molecule is CCC(c1ccccc1)c1nnc(Sc2ncnc3c(F)cccc23)o1. The van der Waals surface area contributed by atoms with Crippen LogP contribution in [0.4, 0.5) is 4.39 Å². The average molecular weight is 366 g/mol. The Labute approximate surface area is 153 Å². The summed E-state index contributed by atoms with van der Waals surface area (Å²) in [6.45, 7) is 2.08. The Morgan fingerprint density at radius 1 is 1.04 bits per heavy atom. The second-order valence-electron chi connectivity index (χ2n) is 5.69. The third kappa shape index (κ3) is 3.17. The van der Waals surface area contributed by atoms with Gasteiger partial charge in [0.15, 0.2) is 0 Å². The maximum Gasteiger partial charge on any atom is 0.282 e. The van der Waals surface area contributed by atoms with Crippen molar-refractivity contribution in [2.75, 3.05) is 0 Å². The summed E-state index contributed by atoms with van der Waals surface area (Å²) >= 11 is 1.21. The number of fused-ring (bicyclic) bond motifs is 1. The third-order valence-corrected chi connectivity index (χ3v) is 4.95. The zero-order chi connectivity index (χ0) is 17.9. The van der Waals surface area contributed by atoms with E-state index in [1.54, 1.807) is 12.1 Å². The molecule has 1 atom stereocenters. The molecule has 0 amide bonds. The highest BCUT2D eigenvalue weighted by atomic mass is 32.2. The van der Waals surface area contributed by atoms with Gasteiger partial charge in [0.1, 0.15) is 22.7 Å². The molecular formula is C19H15FN4OS. The van der Waals surface area contributed by atoms with Crippen LogP contribution >= 0.6 is 11.8 Å². The summed E-state index contributed by atoms with van der Waals surface area (Å²) in [5, 5.41) is 9.90. The van der Waals surface area contributed by atoms with E-state index < -0.39 is 0 Å². The molecule has 0 bridgehead atoms. The van der Waals surface area contributed by atoms with Gasteiger partial charge < -0.3 is 4.42 Å². The molecule has 26 heavy (non-hydrogen) atoms. The molecule has 130 valence electrons. The minimum absolute atomic E-state index is 0.0395. The van der Waals surface area contributed by atoms with Crippen LogP contribution in [0, 0.1) is 5.82 Å². The van der Waals surface area contributed by atoms with Crippen LogP contribution in [-0.2, 0) is 0 Å². The van der Waals surface area contributed by atoms with E-state index in [0.29, 0.717) is 21.5 Å². The van der Waals surface area contributed by atoms with Crippen LogP contribution in [0.1, 0.15) is 30.7 Å². The average Bonchev–Trinajstić information content (AvgIpc) is 3.12. The molecule has 0 fully saturated rings. The normalized spacial score (nSPS) is 12.4. The number of halogens is 1. The highest BCUT2D eigenvalue weighted by Gasteiger charge is 2.20. The Morgan fingerprint density at radius 3 is 2.69 bits per heavy atom. The van der Waals surface area contributed by atoms with Gasteiger partial charge in [-0.05, 0) is 35.9 Å². The fraction of sp³-hybridized carbons (Fsp3) is 0.158. The van der Waals surface area contributed by atoms with Crippen LogP contribution in [-0.4, -0.2) is 20.2 Å². The number of benzene rings is 2. The number of hydrogen-bond acceptors (Lipinski definition) is 6. The first kappa shape index (κ1) is 16.7. The first-order valence-electron chi connectivity index (χ1n) is 8.21. The summed E-state index contributed by atoms with van der Waals surface area (Å²) in [6, 6.07) is 14.8. The Balaban J connectivity index is 1.64. The lowest BCUT2D eigenvalue weighted by molar-refractivity contribution is 0.395. The minimum atomic E-state index is -0.381. The summed E-state index contributed by atoms with van der Waals surface area (Å²) in [7, 11) is 0. The molecule has 2 aromatic heterocycles. The Morgan fingerprint density at radius 2 is 1.88 bits per heavy atom. The third-order valence-electron chi connectivity index (χ3n) is 4.09. The molecule has 0 radical (unpaired) electrons.